The monoisotopic (exact) mass is 501 g/mol. The van der Waals surface area contributed by atoms with E-state index in [1.54, 1.807) is 34.2 Å². The highest BCUT2D eigenvalue weighted by atomic mass is 35.5. The smallest absolute Gasteiger partial charge is 0.322 e. The van der Waals surface area contributed by atoms with Gasteiger partial charge in [0.1, 0.15) is 0 Å². The standard InChI is InChI=1S/C24H25Cl2N5O3/c1-2-31-19-14-30(12-9-20(32)28-11-8-16-5-3-4-10-27-16)23(33)21(19)22(29-24(31)34)17-7-6-15(25)13-18(17)26/h3-7,10,13,22H,2,8-9,11-12,14H2,1H3,(H,28,32)(H,29,34)/t22-/m1/s1. The lowest BCUT2D eigenvalue weighted by atomic mass is 9.95. The first-order valence-electron chi connectivity index (χ1n) is 11.1. The number of urea groups is 1. The summed E-state index contributed by atoms with van der Waals surface area (Å²) in [6.07, 6.45) is 2.51. The molecule has 0 bridgehead atoms. The average molecular weight is 502 g/mol. The Bertz CT molecular complexity index is 1140. The number of aromatic nitrogens is 1. The largest absolute Gasteiger partial charge is 0.356 e. The highest BCUT2D eigenvalue weighted by Gasteiger charge is 2.44. The predicted octanol–water partition coefficient (Wildman–Crippen LogP) is 3.32. The van der Waals surface area contributed by atoms with Crippen LogP contribution in [-0.2, 0) is 16.0 Å². The molecule has 0 spiro atoms. The molecule has 2 aliphatic rings. The van der Waals surface area contributed by atoms with Crippen molar-refractivity contribution in [2.45, 2.75) is 25.8 Å². The van der Waals surface area contributed by atoms with E-state index in [9.17, 15) is 14.4 Å². The molecule has 34 heavy (non-hydrogen) atoms. The number of hydrogen-bond acceptors (Lipinski definition) is 4. The Balaban J connectivity index is 1.43. The van der Waals surface area contributed by atoms with Gasteiger partial charge < -0.3 is 15.5 Å². The molecule has 0 aliphatic carbocycles. The summed E-state index contributed by atoms with van der Waals surface area (Å²) in [4.78, 5) is 45.9. The number of nitrogens with zero attached hydrogens (tertiary/aromatic N) is 3. The van der Waals surface area contributed by atoms with Crippen LogP contribution in [-0.4, -0.2) is 58.8 Å². The lowest BCUT2D eigenvalue weighted by molar-refractivity contribution is -0.127. The molecular weight excluding hydrogens is 477 g/mol. The molecule has 0 radical (unpaired) electrons. The van der Waals surface area contributed by atoms with Crippen molar-refractivity contribution in [2.24, 2.45) is 0 Å². The molecule has 8 nitrogen and oxygen atoms in total. The maximum atomic E-state index is 13.4. The molecule has 3 heterocycles. The van der Waals surface area contributed by atoms with E-state index in [0.717, 1.165) is 5.69 Å². The van der Waals surface area contributed by atoms with E-state index in [0.29, 0.717) is 46.4 Å². The second-order valence-corrected chi connectivity index (χ2v) is 8.89. The zero-order valence-electron chi connectivity index (χ0n) is 18.7. The van der Waals surface area contributed by atoms with Crippen molar-refractivity contribution in [3.05, 3.63) is 75.2 Å². The summed E-state index contributed by atoms with van der Waals surface area (Å²) in [7, 11) is 0. The Morgan fingerprint density at radius 1 is 1.24 bits per heavy atom. The van der Waals surface area contributed by atoms with Crippen molar-refractivity contribution in [1.82, 2.24) is 25.4 Å². The Hall–Kier alpha value is -3.10. The van der Waals surface area contributed by atoms with E-state index in [4.69, 9.17) is 23.2 Å². The van der Waals surface area contributed by atoms with Gasteiger partial charge in [-0.2, -0.15) is 0 Å². The minimum absolute atomic E-state index is 0.146. The molecule has 0 saturated carbocycles. The van der Waals surface area contributed by atoms with Crippen molar-refractivity contribution in [3.63, 3.8) is 0 Å². The lowest BCUT2D eigenvalue weighted by Gasteiger charge is -2.33. The van der Waals surface area contributed by atoms with Crippen LogP contribution in [0.2, 0.25) is 10.0 Å². The van der Waals surface area contributed by atoms with Crippen LogP contribution < -0.4 is 10.6 Å². The third kappa shape index (κ3) is 5.03. The topological polar surface area (TPSA) is 94.6 Å². The summed E-state index contributed by atoms with van der Waals surface area (Å²) < 4.78 is 0. The summed E-state index contributed by atoms with van der Waals surface area (Å²) >= 11 is 12.4. The summed E-state index contributed by atoms with van der Waals surface area (Å²) in [6, 6.07) is 9.66. The van der Waals surface area contributed by atoms with Crippen LogP contribution in [0.15, 0.2) is 53.9 Å². The molecule has 10 heteroatoms. The normalized spacial score (nSPS) is 17.7. The van der Waals surface area contributed by atoms with E-state index in [-0.39, 0.29) is 37.4 Å². The fourth-order valence-electron chi connectivity index (χ4n) is 4.23. The SMILES string of the molecule is CCN1C(=O)N[C@H](c2ccc(Cl)cc2Cl)C2=C1CN(CCC(=O)NCCc1ccccn1)C2=O. The van der Waals surface area contributed by atoms with Crippen LogP contribution in [0, 0.1) is 0 Å². The number of halogens is 2. The molecule has 4 rings (SSSR count). The van der Waals surface area contributed by atoms with E-state index >= 15 is 0 Å². The van der Waals surface area contributed by atoms with E-state index in [1.165, 1.54) is 0 Å². The fraction of sp³-hybridized carbons (Fsp3) is 0.333. The number of nitrogens with one attached hydrogen (secondary N) is 2. The number of rotatable bonds is 8. The van der Waals surface area contributed by atoms with E-state index in [1.807, 2.05) is 25.1 Å². The van der Waals surface area contributed by atoms with Crippen molar-refractivity contribution in [1.29, 1.82) is 0 Å². The molecule has 0 unspecified atom stereocenters. The van der Waals surface area contributed by atoms with Gasteiger partial charge in [0.15, 0.2) is 0 Å². The van der Waals surface area contributed by atoms with Gasteiger partial charge >= 0.3 is 6.03 Å². The van der Waals surface area contributed by atoms with Gasteiger partial charge in [-0.1, -0.05) is 35.3 Å². The van der Waals surface area contributed by atoms with Gasteiger partial charge in [0.2, 0.25) is 5.91 Å². The number of hydrogen-bond donors (Lipinski definition) is 2. The molecule has 1 aromatic heterocycles. The molecule has 1 aromatic carbocycles. The molecule has 178 valence electrons. The molecule has 1 atom stereocenters. The Morgan fingerprint density at radius 3 is 2.76 bits per heavy atom. The Morgan fingerprint density at radius 2 is 2.06 bits per heavy atom. The van der Waals surface area contributed by atoms with Crippen molar-refractivity contribution in [3.8, 4) is 0 Å². The van der Waals surface area contributed by atoms with E-state index < -0.39 is 6.04 Å². The molecule has 2 aliphatic heterocycles. The molecule has 2 aromatic rings. The molecule has 4 amide bonds. The first-order chi connectivity index (χ1) is 16.4. The van der Waals surface area contributed by atoms with Crippen LogP contribution >= 0.6 is 23.2 Å². The van der Waals surface area contributed by atoms with Gasteiger partial charge in [-0.25, -0.2) is 4.79 Å². The average Bonchev–Trinajstić information content (AvgIpc) is 3.14. The Labute approximate surface area is 207 Å². The zero-order chi connectivity index (χ0) is 24.2. The third-order valence-electron chi connectivity index (χ3n) is 5.92. The summed E-state index contributed by atoms with van der Waals surface area (Å²) in [5, 5.41) is 6.60. The van der Waals surface area contributed by atoms with E-state index in [2.05, 4.69) is 15.6 Å². The number of carbonyl (C=O) groups is 3. The maximum Gasteiger partial charge on any atom is 0.322 e. The summed E-state index contributed by atoms with van der Waals surface area (Å²) in [5.41, 5.74) is 2.62. The number of pyridine rings is 1. The minimum atomic E-state index is -0.681. The van der Waals surface area contributed by atoms with Gasteiger partial charge in [0.25, 0.3) is 5.91 Å². The number of likely N-dealkylation sites (N-methyl/N-ethyl adjacent to an activating group) is 1. The highest BCUT2D eigenvalue weighted by molar-refractivity contribution is 6.35. The van der Waals surface area contributed by atoms with Gasteiger partial charge in [-0.05, 0) is 36.8 Å². The number of benzene rings is 1. The van der Waals surface area contributed by atoms with Crippen LogP contribution in [0.4, 0.5) is 4.79 Å². The second kappa shape index (κ2) is 10.4. The summed E-state index contributed by atoms with van der Waals surface area (Å²) in [6.45, 7) is 3.24. The summed E-state index contributed by atoms with van der Waals surface area (Å²) in [5.74, 6) is -0.363. The number of amides is 4. The quantitative estimate of drug-likeness (QED) is 0.579. The van der Waals surface area contributed by atoms with Gasteiger partial charge in [0.05, 0.1) is 23.9 Å². The van der Waals surface area contributed by atoms with Crippen LogP contribution in [0.3, 0.4) is 0 Å². The first kappa shape index (κ1) is 24.0. The van der Waals surface area contributed by atoms with Crippen molar-refractivity contribution < 1.29 is 14.4 Å². The second-order valence-electron chi connectivity index (χ2n) is 8.05. The minimum Gasteiger partial charge on any atom is -0.356 e. The van der Waals surface area contributed by atoms with Gasteiger partial charge in [-0.15, -0.1) is 0 Å². The maximum absolute atomic E-state index is 13.4. The molecule has 0 saturated heterocycles. The van der Waals surface area contributed by atoms with Gasteiger partial charge in [-0.3, -0.25) is 19.5 Å². The highest BCUT2D eigenvalue weighted by Crippen LogP contribution is 2.39. The lowest BCUT2D eigenvalue weighted by Crippen LogP contribution is -2.47. The molecule has 2 N–H and O–H groups in total. The van der Waals surface area contributed by atoms with Crippen molar-refractivity contribution in [2.75, 3.05) is 26.2 Å². The van der Waals surface area contributed by atoms with Gasteiger partial charge in [0, 0.05) is 54.4 Å². The van der Waals surface area contributed by atoms with Crippen LogP contribution in [0.1, 0.15) is 30.6 Å². The number of carbonyl (C=O) groups excluding carboxylic acids is 3. The Kier molecular flexibility index (Phi) is 7.38. The molecular formula is C24H25Cl2N5O3. The predicted molar refractivity (Wildman–Crippen MR) is 129 cm³/mol. The van der Waals surface area contributed by atoms with Crippen molar-refractivity contribution >= 4 is 41.0 Å². The zero-order valence-corrected chi connectivity index (χ0v) is 20.2. The van der Waals surface area contributed by atoms with Crippen LogP contribution in [0.5, 0.6) is 0 Å². The fourth-order valence-corrected chi connectivity index (χ4v) is 4.75. The molecule has 0 fully saturated rings. The van der Waals surface area contributed by atoms with Crippen LogP contribution in [0.25, 0.3) is 0 Å². The third-order valence-corrected chi connectivity index (χ3v) is 6.49. The first-order valence-corrected chi connectivity index (χ1v) is 11.9.